The first kappa shape index (κ1) is 86.7. The van der Waals surface area contributed by atoms with E-state index >= 15 is 0 Å². The molecule has 116 heavy (non-hydrogen) atoms. The van der Waals surface area contributed by atoms with E-state index in [2.05, 4.69) is 218 Å². The zero-order chi connectivity index (χ0) is 81.6. The Morgan fingerprint density at radius 1 is 0.440 bits per heavy atom. The summed E-state index contributed by atoms with van der Waals surface area (Å²) < 4.78 is 28.9. The van der Waals surface area contributed by atoms with E-state index in [4.69, 9.17) is 29.7 Å². The van der Waals surface area contributed by atoms with E-state index in [0.29, 0.717) is 17.1 Å². The van der Waals surface area contributed by atoms with E-state index in [1.54, 1.807) is 32.9 Å². The molecule has 556 valence electrons. The Morgan fingerprint density at radius 3 is 1.04 bits per heavy atom. The fourth-order valence-electron chi connectivity index (χ4n) is 10.4. The van der Waals surface area contributed by atoms with E-state index in [0.717, 1.165) is 49.4 Å². The third-order valence-electron chi connectivity index (χ3n) is 16.1. The fourth-order valence-corrected chi connectivity index (χ4v) is 10.4. The molecule has 1 saturated heterocycles. The van der Waals surface area contributed by atoms with Gasteiger partial charge in [0, 0.05) is 130 Å². The number of nitrogens with zero attached hydrogens (tertiary/aromatic N) is 3. The zero-order valence-electron chi connectivity index (χ0n) is 62.6. The number of ether oxygens (including phenoxy) is 3. The summed E-state index contributed by atoms with van der Waals surface area (Å²) in [7, 11) is 0. The van der Waals surface area contributed by atoms with Gasteiger partial charge < -0.3 is 38.6 Å². The van der Waals surface area contributed by atoms with Gasteiger partial charge in [-0.3, -0.25) is 9.59 Å². The number of terminal acetylenes is 1. The summed E-state index contributed by atoms with van der Waals surface area (Å²) >= 11 is 0. The third-order valence-corrected chi connectivity index (χ3v) is 16.1. The Kier molecular flexibility index (Phi) is 34.9. The number of rotatable bonds is 18. The van der Waals surface area contributed by atoms with Gasteiger partial charge in [-0.2, -0.15) is 0 Å². The largest absolute Gasteiger partial charge is 0.440 e. The Hall–Kier alpha value is -16.6. The van der Waals surface area contributed by atoms with Crippen molar-refractivity contribution in [1.82, 2.24) is 15.2 Å². The Balaban J connectivity index is 0.000000243. The lowest BCUT2D eigenvalue weighted by atomic mass is 9.88. The summed E-state index contributed by atoms with van der Waals surface area (Å²) in [4.78, 5) is 41.6. The maximum Gasteiger partial charge on any atom is 0.417 e. The number of cyclic esters (lactones) is 1. The van der Waals surface area contributed by atoms with Crippen molar-refractivity contribution >= 4 is 17.8 Å². The van der Waals surface area contributed by atoms with Gasteiger partial charge in [0.15, 0.2) is 28.5 Å². The predicted molar refractivity (Wildman–Crippen MR) is 446 cm³/mol. The number of hydrogen-bond donors (Lipinski definition) is 3. The molecule has 14 nitrogen and oxygen atoms in total. The van der Waals surface area contributed by atoms with Gasteiger partial charge in [0.25, 0.3) is 5.91 Å². The minimum atomic E-state index is -1.96. The standard InChI is InChI=1S/C37H34N2O6.C37H4.C27H25NO5.CH4/c1-36(2)32(29-17-11-6-12-18-29)39(35(42)44-36)34(41)37(3,33(40)30-23-31(45-38-30)28-15-9-5-10-16-28)43-24-25-19-21-27(22-20-25)26-13-7-4-8-14-26;1-3-5-7-9-11-13-15-17-19-21-23-25-27-29-31-33-35-37-36-34-32-30-28-26-24-22-20-18-16-14-12-10-8-6-4-2;1-27(25(30)17-29,26(31)23-16-24(33-28-23)22-10-6-3-7-11-22)32-18-19-12-14-21(15-13-19)20-8-4-2-5-9-20;/h4-23,32-33,40H,24H2,1-3H3;1H,2H3;2-16,26,29,31H,17-18H2,1H3;1H4/t32-,33-,37-;;26-,27+;/m0.0./s1. The molecule has 0 spiro atoms. The molecule has 1 fully saturated rings. The van der Waals surface area contributed by atoms with E-state index in [1.165, 1.54) is 13.8 Å². The number of Topliss-reactive ketones (excluding diaryl/α,β-unsaturated/α-hetero) is 1. The van der Waals surface area contributed by atoms with Gasteiger partial charge in [0.1, 0.15) is 41.8 Å². The van der Waals surface area contributed by atoms with Crippen LogP contribution < -0.4 is 0 Å². The van der Waals surface area contributed by atoms with Gasteiger partial charge in [0.2, 0.25) is 0 Å². The van der Waals surface area contributed by atoms with Gasteiger partial charge in [0.05, 0.1) is 13.2 Å². The van der Waals surface area contributed by atoms with Gasteiger partial charge >= 0.3 is 6.09 Å². The number of aliphatic hydroxyl groups is 3. The molecule has 2 amide bonds. The van der Waals surface area contributed by atoms with Crippen LogP contribution in [0.4, 0.5) is 4.79 Å². The van der Waals surface area contributed by atoms with Crippen LogP contribution >= 0.6 is 0 Å². The molecule has 2 aromatic heterocycles. The summed E-state index contributed by atoms with van der Waals surface area (Å²) in [6, 6.07) is 65.6. The lowest BCUT2D eigenvalue weighted by Crippen LogP contribution is -2.54. The number of imide groups is 1. The van der Waals surface area contributed by atoms with Crippen molar-refractivity contribution in [3.8, 4) is 259 Å². The summed E-state index contributed by atoms with van der Waals surface area (Å²) in [5.74, 6) is 86.3. The molecule has 14 heteroatoms. The third kappa shape index (κ3) is 26.6. The monoisotopic (exact) mass is 1510 g/mol. The first-order valence-electron chi connectivity index (χ1n) is 34.7. The van der Waals surface area contributed by atoms with Crippen LogP contribution in [-0.2, 0) is 37.0 Å². The number of aliphatic hydroxyl groups excluding tert-OH is 3. The van der Waals surface area contributed by atoms with E-state index in [-0.39, 0.29) is 32.0 Å². The van der Waals surface area contributed by atoms with E-state index in [9.17, 15) is 29.7 Å². The molecule has 1 aliphatic rings. The summed E-state index contributed by atoms with van der Waals surface area (Å²) in [6.07, 6.45) is 1.08. The second-order valence-corrected chi connectivity index (χ2v) is 24.2. The van der Waals surface area contributed by atoms with Crippen LogP contribution in [0.5, 0.6) is 0 Å². The molecule has 0 radical (unpaired) electrons. The average Bonchev–Trinajstić information content (AvgIpc) is 1.58. The minimum absolute atomic E-state index is 0. The van der Waals surface area contributed by atoms with Crippen LogP contribution in [0.2, 0.25) is 0 Å². The van der Waals surface area contributed by atoms with Crippen molar-refractivity contribution in [2.24, 2.45) is 0 Å². The van der Waals surface area contributed by atoms with E-state index < -0.39 is 59.4 Å². The van der Waals surface area contributed by atoms with Crippen molar-refractivity contribution in [2.75, 3.05) is 6.61 Å². The summed E-state index contributed by atoms with van der Waals surface area (Å²) in [5.41, 5.74) is 3.64. The summed E-state index contributed by atoms with van der Waals surface area (Å²) in [6.45, 7) is 7.38. The Labute approximate surface area is 677 Å². The maximum absolute atomic E-state index is 14.6. The quantitative estimate of drug-likeness (QED) is 0.0687. The second-order valence-electron chi connectivity index (χ2n) is 24.2. The number of ketones is 1. The zero-order valence-corrected chi connectivity index (χ0v) is 62.6. The number of benzene rings is 7. The smallest absolute Gasteiger partial charge is 0.417 e. The molecule has 3 N–H and O–H groups in total. The van der Waals surface area contributed by atoms with Crippen LogP contribution in [0.3, 0.4) is 0 Å². The number of carbonyl (C=O) groups excluding carboxylic acids is 3. The highest BCUT2D eigenvalue weighted by molar-refractivity contribution is 5.99. The highest BCUT2D eigenvalue weighted by Gasteiger charge is 2.58. The van der Waals surface area contributed by atoms with Gasteiger partial charge in [-0.15, -0.1) is 6.42 Å². The molecule has 0 bridgehead atoms. The van der Waals surface area contributed by atoms with Crippen molar-refractivity contribution < 1.29 is 53.0 Å². The first-order chi connectivity index (χ1) is 56.1. The molecule has 9 aromatic rings. The van der Waals surface area contributed by atoms with Gasteiger partial charge in [-0.25, -0.2) is 9.69 Å². The first-order valence-corrected chi connectivity index (χ1v) is 34.7. The van der Waals surface area contributed by atoms with E-state index in [1.807, 2.05) is 200 Å². The Morgan fingerprint density at radius 2 is 0.724 bits per heavy atom. The molecule has 5 atom stereocenters. The van der Waals surface area contributed by atoms with Crippen LogP contribution in [0.15, 0.2) is 221 Å². The van der Waals surface area contributed by atoms with Crippen LogP contribution in [0.1, 0.15) is 88.4 Å². The summed E-state index contributed by atoms with van der Waals surface area (Å²) in [5, 5.41) is 40.4. The van der Waals surface area contributed by atoms with Crippen molar-refractivity contribution in [3.05, 3.63) is 240 Å². The molecular formula is C102H67N3O11. The molecule has 0 saturated carbocycles. The minimum Gasteiger partial charge on any atom is -0.440 e. The predicted octanol–water partition coefficient (Wildman–Crippen LogP) is 13.4. The van der Waals surface area contributed by atoms with Gasteiger partial charge in [-0.1, -0.05) is 224 Å². The van der Waals surface area contributed by atoms with Crippen molar-refractivity contribution in [2.45, 2.75) is 90.3 Å². The highest BCUT2D eigenvalue weighted by Crippen LogP contribution is 2.45. The number of amides is 2. The number of carbonyl (C=O) groups is 3. The molecule has 3 heterocycles. The lowest BCUT2D eigenvalue weighted by Gasteiger charge is -2.37. The Bertz CT molecular complexity index is 6250. The second kappa shape index (κ2) is 46.7. The topological polar surface area (TPSA) is 195 Å². The maximum atomic E-state index is 14.6. The van der Waals surface area contributed by atoms with Crippen molar-refractivity contribution in [3.63, 3.8) is 0 Å². The number of aromatic nitrogens is 2. The molecule has 0 aliphatic carbocycles. The normalized spacial score (nSPS) is 12.1. The molecule has 1 aliphatic heterocycles. The van der Waals surface area contributed by atoms with Crippen LogP contribution in [0.25, 0.3) is 44.9 Å². The van der Waals surface area contributed by atoms with Crippen LogP contribution in [0, 0.1) is 214 Å². The molecular weight excluding hydrogens is 1440 g/mol. The molecule has 10 rings (SSSR count). The molecule has 7 aromatic carbocycles. The SMILES string of the molecule is C.C#CC#CC#CC#CC#CC#CC#CC#CC#CC#CC#CC#CC#CC#CC#CC#CC#CC#CC.CC1(C)OC(=O)N(C(=O)[C@@](C)(OCc2ccc(-c3ccccc3)cc2)[C@@H](O)c2cc(-c3ccccc3)on2)[C@H]1c1ccccc1.C[C@@](OCc1ccc(-c2ccccc2)cc1)(C(=O)CO)[C@@H](O)c1cc(-c2ccccc2)on1. The lowest BCUT2D eigenvalue weighted by molar-refractivity contribution is -0.175. The molecule has 0 unspecified atom stereocenters. The average molecular weight is 1510 g/mol. The van der Waals surface area contributed by atoms with Crippen LogP contribution in [-0.4, -0.2) is 71.7 Å². The van der Waals surface area contributed by atoms with Gasteiger partial charge in [-0.05, 0) is 168 Å². The highest BCUT2D eigenvalue weighted by atomic mass is 16.6. The fraction of sp³-hybridized carbons (Fsp3) is 0.147. The number of hydrogen-bond acceptors (Lipinski definition) is 13. The van der Waals surface area contributed by atoms with Crippen molar-refractivity contribution in [1.29, 1.82) is 0 Å².